The Kier molecular flexibility index (Phi) is 6.07. The first kappa shape index (κ1) is 20.8. The Hall–Kier alpha value is -2.43. The smallest absolute Gasteiger partial charge is 0.246 e. The highest BCUT2D eigenvalue weighted by Gasteiger charge is 2.31. The maximum atomic E-state index is 13.1. The zero-order valence-electron chi connectivity index (χ0n) is 17.3. The van der Waals surface area contributed by atoms with Gasteiger partial charge in [0.25, 0.3) is 0 Å². The van der Waals surface area contributed by atoms with E-state index < -0.39 is 10.0 Å². The quantitative estimate of drug-likeness (QED) is 0.694. The summed E-state index contributed by atoms with van der Waals surface area (Å²) in [6, 6.07) is 8.68. The molecule has 9 nitrogen and oxygen atoms in total. The predicted molar refractivity (Wildman–Crippen MR) is 114 cm³/mol. The number of hydrogen-bond donors (Lipinski definition) is 0. The van der Waals surface area contributed by atoms with E-state index in [0.29, 0.717) is 51.1 Å². The number of piperazine rings is 1. The number of methoxy groups -OCH3 is 1. The molecule has 2 aromatic rings. The van der Waals surface area contributed by atoms with Crippen LogP contribution in [0.2, 0.25) is 0 Å². The molecule has 1 aromatic heterocycles. The Balaban J connectivity index is 1.49. The summed E-state index contributed by atoms with van der Waals surface area (Å²) in [4.78, 5) is 13.8. The first-order valence-electron chi connectivity index (χ1n) is 10.1. The summed E-state index contributed by atoms with van der Waals surface area (Å²) in [7, 11) is -2.14. The van der Waals surface area contributed by atoms with E-state index in [-0.39, 0.29) is 4.90 Å². The lowest BCUT2D eigenvalue weighted by molar-refractivity contribution is 0.122. The number of benzene rings is 1. The number of sulfonamides is 1. The van der Waals surface area contributed by atoms with E-state index in [2.05, 4.69) is 14.8 Å². The lowest BCUT2D eigenvalue weighted by Gasteiger charge is -2.35. The van der Waals surface area contributed by atoms with Gasteiger partial charge >= 0.3 is 0 Å². The Morgan fingerprint density at radius 3 is 2.37 bits per heavy atom. The number of hydrogen-bond acceptors (Lipinski definition) is 8. The van der Waals surface area contributed by atoms with Crippen molar-refractivity contribution in [3.05, 3.63) is 36.0 Å². The summed E-state index contributed by atoms with van der Waals surface area (Å²) in [6.07, 6.45) is 0. The van der Waals surface area contributed by atoms with Crippen LogP contribution >= 0.6 is 0 Å². The zero-order chi connectivity index (χ0) is 21.1. The molecule has 0 saturated carbocycles. The molecule has 4 rings (SSSR count). The number of ether oxygens (including phenoxy) is 2. The minimum atomic E-state index is -3.62. The van der Waals surface area contributed by atoms with Crippen molar-refractivity contribution < 1.29 is 17.9 Å². The van der Waals surface area contributed by atoms with Gasteiger partial charge in [-0.15, -0.1) is 0 Å². The molecule has 2 aliphatic heterocycles. The fourth-order valence-corrected chi connectivity index (χ4v) is 5.31. The maximum Gasteiger partial charge on any atom is 0.246 e. The predicted octanol–water partition coefficient (Wildman–Crippen LogP) is 1.14. The van der Waals surface area contributed by atoms with Crippen LogP contribution in [0.1, 0.15) is 5.69 Å². The number of nitrogens with zero attached hydrogens (tertiary/aromatic N) is 5. The van der Waals surface area contributed by atoms with Crippen LogP contribution in [-0.4, -0.2) is 82.3 Å². The molecule has 0 amide bonds. The third-order valence-corrected chi connectivity index (χ3v) is 7.31. The Bertz CT molecular complexity index is 986. The molecule has 30 heavy (non-hydrogen) atoms. The minimum absolute atomic E-state index is 0.202. The lowest BCUT2D eigenvalue weighted by atomic mass is 10.3. The van der Waals surface area contributed by atoms with Crippen LogP contribution in [0.5, 0.6) is 5.75 Å². The normalized spacial score (nSPS) is 18.5. The fourth-order valence-electron chi connectivity index (χ4n) is 3.73. The largest absolute Gasteiger partial charge is 0.495 e. The number of para-hydroxylation sites is 1. The van der Waals surface area contributed by atoms with Gasteiger partial charge in [-0.3, -0.25) is 0 Å². The number of aromatic nitrogens is 2. The average Bonchev–Trinajstić information content (AvgIpc) is 2.79. The summed E-state index contributed by atoms with van der Waals surface area (Å²) < 4.78 is 38.4. The van der Waals surface area contributed by atoms with Crippen LogP contribution < -0.4 is 14.5 Å². The van der Waals surface area contributed by atoms with Gasteiger partial charge in [0.1, 0.15) is 16.5 Å². The monoisotopic (exact) mass is 433 g/mol. The molecular formula is C20H27N5O4S. The van der Waals surface area contributed by atoms with E-state index in [0.717, 1.165) is 24.6 Å². The van der Waals surface area contributed by atoms with Gasteiger partial charge in [-0.05, 0) is 19.1 Å². The molecular weight excluding hydrogens is 406 g/mol. The first-order valence-corrected chi connectivity index (χ1v) is 11.5. The van der Waals surface area contributed by atoms with Crippen molar-refractivity contribution in [2.45, 2.75) is 11.8 Å². The molecule has 0 atom stereocenters. The Labute approximate surface area is 177 Å². The van der Waals surface area contributed by atoms with Gasteiger partial charge in [-0.2, -0.15) is 9.29 Å². The molecule has 3 heterocycles. The molecule has 2 saturated heterocycles. The number of anilines is 2. The average molecular weight is 434 g/mol. The van der Waals surface area contributed by atoms with Crippen molar-refractivity contribution in [1.29, 1.82) is 0 Å². The van der Waals surface area contributed by atoms with E-state index in [1.54, 1.807) is 24.3 Å². The highest BCUT2D eigenvalue weighted by Crippen LogP contribution is 2.28. The van der Waals surface area contributed by atoms with Crippen molar-refractivity contribution in [2.24, 2.45) is 0 Å². The third kappa shape index (κ3) is 4.21. The molecule has 0 unspecified atom stereocenters. The van der Waals surface area contributed by atoms with Crippen molar-refractivity contribution in [1.82, 2.24) is 14.3 Å². The molecule has 2 aliphatic rings. The summed E-state index contributed by atoms with van der Waals surface area (Å²) in [5.41, 5.74) is 0.894. The standard InChI is InChI=1S/C20H27N5O4S/c1-16-15-19(22-20(21-16)24-11-13-29-14-12-24)23-7-9-25(10-8-23)30(26,27)18-6-4-3-5-17(18)28-2/h3-6,15H,7-14H2,1-2H3. The van der Waals surface area contributed by atoms with Crippen LogP contribution in [0.3, 0.4) is 0 Å². The maximum absolute atomic E-state index is 13.1. The van der Waals surface area contributed by atoms with Gasteiger partial charge < -0.3 is 19.3 Å². The van der Waals surface area contributed by atoms with Crippen LogP contribution in [0.15, 0.2) is 35.2 Å². The second-order valence-corrected chi connectivity index (χ2v) is 9.22. The van der Waals surface area contributed by atoms with Crippen molar-refractivity contribution in [3.63, 3.8) is 0 Å². The second kappa shape index (κ2) is 8.75. The summed E-state index contributed by atoms with van der Waals surface area (Å²) in [5.74, 6) is 1.90. The van der Waals surface area contributed by atoms with Crippen molar-refractivity contribution >= 4 is 21.8 Å². The van der Waals surface area contributed by atoms with E-state index in [1.165, 1.54) is 11.4 Å². The fraction of sp³-hybridized carbons (Fsp3) is 0.500. The molecule has 10 heteroatoms. The van der Waals surface area contributed by atoms with Gasteiger partial charge in [-0.25, -0.2) is 13.4 Å². The van der Waals surface area contributed by atoms with E-state index in [4.69, 9.17) is 14.5 Å². The van der Waals surface area contributed by atoms with Crippen LogP contribution in [-0.2, 0) is 14.8 Å². The van der Waals surface area contributed by atoms with Crippen LogP contribution in [0, 0.1) is 6.92 Å². The molecule has 0 bridgehead atoms. The van der Waals surface area contributed by atoms with E-state index in [9.17, 15) is 8.42 Å². The minimum Gasteiger partial charge on any atom is -0.495 e. The summed E-state index contributed by atoms with van der Waals surface area (Å²) in [6.45, 7) is 6.74. The zero-order valence-corrected chi connectivity index (χ0v) is 18.1. The summed E-state index contributed by atoms with van der Waals surface area (Å²) in [5, 5.41) is 0. The Morgan fingerprint density at radius 2 is 1.67 bits per heavy atom. The molecule has 162 valence electrons. The number of morpholine rings is 1. The third-order valence-electron chi connectivity index (χ3n) is 5.37. The molecule has 0 aliphatic carbocycles. The number of rotatable bonds is 5. The van der Waals surface area contributed by atoms with Gasteiger partial charge in [0.05, 0.1) is 20.3 Å². The van der Waals surface area contributed by atoms with Crippen molar-refractivity contribution in [2.75, 3.05) is 69.4 Å². The van der Waals surface area contributed by atoms with Gasteiger partial charge in [0.15, 0.2) is 0 Å². The lowest BCUT2D eigenvalue weighted by Crippen LogP contribution is -2.49. The van der Waals surface area contributed by atoms with Gasteiger partial charge in [-0.1, -0.05) is 12.1 Å². The highest BCUT2D eigenvalue weighted by molar-refractivity contribution is 7.89. The molecule has 0 spiro atoms. The van der Waals surface area contributed by atoms with Crippen LogP contribution in [0.4, 0.5) is 11.8 Å². The second-order valence-electron chi connectivity index (χ2n) is 7.31. The number of aryl methyl sites for hydroxylation is 1. The van der Waals surface area contributed by atoms with E-state index >= 15 is 0 Å². The van der Waals surface area contributed by atoms with Crippen LogP contribution in [0.25, 0.3) is 0 Å². The first-order chi connectivity index (χ1) is 14.5. The van der Waals surface area contributed by atoms with Crippen molar-refractivity contribution in [3.8, 4) is 5.75 Å². The molecule has 0 N–H and O–H groups in total. The summed E-state index contributed by atoms with van der Waals surface area (Å²) >= 11 is 0. The highest BCUT2D eigenvalue weighted by atomic mass is 32.2. The SMILES string of the molecule is COc1ccccc1S(=O)(=O)N1CCN(c2cc(C)nc(N3CCOCC3)n2)CC1. The van der Waals surface area contributed by atoms with Gasteiger partial charge in [0, 0.05) is 51.0 Å². The molecule has 2 fully saturated rings. The van der Waals surface area contributed by atoms with Gasteiger partial charge in [0.2, 0.25) is 16.0 Å². The molecule has 0 radical (unpaired) electrons. The Morgan fingerprint density at radius 1 is 0.967 bits per heavy atom. The molecule has 1 aromatic carbocycles. The van der Waals surface area contributed by atoms with E-state index in [1.807, 2.05) is 13.0 Å². The topological polar surface area (TPSA) is 88.1 Å².